The van der Waals surface area contributed by atoms with Crippen LogP contribution in [0.2, 0.25) is 0 Å². The van der Waals surface area contributed by atoms with Crippen LogP contribution in [0, 0.1) is 12.8 Å². The lowest BCUT2D eigenvalue weighted by Gasteiger charge is -2.37. The predicted molar refractivity (Wildman–Crippen MR) is 139 cm³/mol. The quantitative estimate of drug-likeness (QED) is 0.480. The Balaban J connectivity index is 1.73. The van der Waals surface area contributed by atoms with Crippen LogP contribution in [0.15, 0.2) is 36.5 Å². The molecule has 4 rings (SSSR count). The number of carbonyl (C=O) groups is 2. The number of amides is 2. The molecule has 1 N–H and O–H groups in total. The van der Waals surface area contributed by atoms with Crippen molar-refractivity contribution in [2.24, 2.45) is 5.92 Å². The number of fused-ring (bicyclic) bond motifs is 1. The standard InChI is InChI=1S/C28H37N5O2/c1-6-7-14-29-27(34)21-13-12-20(5)32(17-21)28(35)23-15-25(22-11-9-8-10-19(22)4)31-26-24(23)16-30-33(26)18(2)3/h8-11,15-16,18,20-21H,6-7,12-14,17H2,1-5H3,(H,29,34). The molecule has 1 aliphatic rings. The molecule has 0 aliphatic carbocycles. The average Bonchev–Trinajstić information content (AvgIpc) is 3.28. The first-order valence-corrected chi connectivity index (χ1v) is 12.8. The van der Waals surface area contributed by atoms with Gasteiger partial charge in [0.05, 0.1) is 28.8 Å². The molecule has 7 heteroatoms. The van der Waals surface area contributed by atoms with Gasteiger partial charge in [0, 0.05) is 30.7 Å². The predicted octanol–water partition coefficient (Wildman–Crippen LogP) is 5.14. The molecule has 2 atom stereocenters. The minimum atomic E-state index is -0.182. The molecule has 2 aromatic heterocycles. The zero-order chi connectivity index (χ0) is 25.1. The molecule has 2 amide bonds. The summed E-state index contributed by atoms with van der Waals surface area (Å²) < 4.78 is 1.87. The van der Waals surface area contributed by atoms with Crippen LogP contribution in [0.25, 0.3) is 22.3 Å². The zero-order valence-corrected chi connectivity index (χ0v) is 21.5. The van der Waals surface area contributed by atoms with E-state index in [4.69, 9.17) is 4.98 Å². The van der Waals surface area contributed by atoms with Crippen molar-refractivity contribution >= 4 is 22.8 Å². The van der Waals surface area contributed by atoms with Gasteiger partial charge in [-0.2, -0.15) is 5.10 Å². The van der Waals surface area contributed by atoms with E-state index in [0.717, 1.165) is 47.9 Å². The van der Waals surface area contributed by atoms with Crippen LogP contribution >= 0.6 is 0 Å². The van der Waals surface area contributed by atoms with Crippen molar-refractivity contribution in [2.45, 2.75) is 72.4 Å². The average molecular weight is 476 g/mol. The van der Waals surface area contributed by atoms with Gasteiger partial charge in [0.1, 0.15) is 0 Å². The monoisotopic (exact) mass is 475 g/mol. The van der Waals surface area contributed by atoms with Gasteiger partial charge in [-0.3, -0.25) is 9.59 Å². The van der Waals surface area contributed by atoms with Crippen molar-refractivity contribution in [1.82, 2.24) is 25.0 Å². The molecule has 0 saturated carbocycles. The van der Waals surface area contributed by atoms with Crippen molar-refractivity contribution in [1.29, 1.82) is 0 Å². The topological polar surface area (TPSA) is 80.1 Å². The largest absolute Gasteiger partial charge is 0.356 e. The molecule has 0 bridgehead atoms. The van der Waals surface area contributed by atoms with Crippen LogP contribution in [-0.2, 0) is 4.79 Å². The fourth-order valence-electron chi connectivity index (χ4n) is 4.86. The highest BCUT2D eigenvalue weighted by Gasteiger charge is 2.34. The highest BCUT2D eigenvalue weighted by Crippen LogP contribution is 2.31. The SMILES string of the molecule is CCCCNC(=O)C1CCC(C)N(C(=O)c2cc(-c3ccccc3C)nc3c2cnn3C(C)C)C1. The number of nitrogens with zero attached hydrogens (tertiary/aromatic N) is 4. The van der Waals surface area contributed by atoms with Crippen molar-refractivity contribution < 1.29 is 9.59 Å². The number of hydrogen-bond acceptors (Lipinski definition) is 4. The maximum atomic E-state index is 14.0. The van der Waals surface area contributed by atoms with Gasteiger partial charge < -0.3 is 10.2 Å². The van der Waals surface area contributed by atoms with Crippen LogP contribution < -0.4 is 5.32 Å². The molecule has 1 fully saturated rings. The van der Waals surface area contributed by atoms with E-state index >= 15 is 0 Å². The molecule has 1 saturated heterocycles. The fourth-order valence-corrected chi connectivity index (χ4v) is 4.86. The Kier molecular flexibility index (Phi) is 7.53. The highest BCUT2D eigenvalue weighted by molar-refractivity contribution is 6.07. The second-order valence-electron chi connectivity index (χ2n) is 10.0. The van der Waals surface area contributed by atoms with Gasteiger partial charge in [0.25, 0.3) is 5.91 Å². The Morgan fingerprint density at radius 2 is 1.97 bits per heavy atom. The Morgan fingerprint density at radius 1 is 1.20 bits per heavy atom. The van der Waals surface area contributed by atoms with E-state index in [1.165, 1.54) is 0 Å². The van der Waals surface area contributed by atoms with Crippen LogP contribution in [0.5, 0.6) is 0 Å². The summed E-state index contributed by atoms with van der Waals surface area (Å²) in [7, 11) is 0. The molecular formula is C28H37N5O2. The Bertz CT molecular complexity index is 1220. The third-order valence-electron chi connectivity index (χ3n) is 7.05. The van der Waals surface area contributed by atoms with Crippen molar-refractivity contribution in [2.75, 3.05) is 13.1 Å². The van der Waals surface area contributed by atoms with E-state index in [9.17, 15) is 9.59 Å². The van der Waals surface area contributed by atoms with Crippen LogP contribution in [0.3, 0.4) is 0 Å². The lowest BCUT2D eigenvalue weighted by Crippen LogP contribution is -2.49. The summed E-state index contributed by atoms with van der Waals surface area (Å²) in [6, 6.07) is 10.2. The smallest absolute Gasteiger partial charge is 0.255 e. The molecule has 0 spiro atoms. The number of unbranched alkanes of at least 4 members (excludes halogenated alkanes) is 1. The molecule has 2 unspecified atom stereocenters. The third-order valence-corrected chi connectivity index (χ3v) is 7.05. The molecule has 0 radical (unpaired) electrons. The summed E-state index contributed by atoms with van der Waals surface area (Å²) in [5.74, 6) is -0.191. The van der Waals surface area contributed by atoms with E-state index in [1.807, 2.05) is 33.8 Å². The normalized spacial score (nSPS) is 18.3. The van der Waals surface area contributed by atoms with Crippen LogP contribution in [-0.4, -0.2) is 50.6 Å². The molecule has 7 nitrogen and oxygen atoms in total. The molecule has 1 aliphatic heterocycles. The fraction of sp³-hybridized carbons (Fsp3) is 0.500. The number of aromatic nitrogens is 3. The first-order valence-electron chi connectivity index (χ1n) is 12.8. The number of benzene rings is 1. The van der Waals surface area contributed by atoms with Gasteiger partial charge in [-0.1, -0.05) is 37.6 Å². The Morgan fingerprint density at radius 3 is 2.69 bits per heavy atom. The Labute approximate surface area is 207 Å². The number of piperidine rings is 1. The number of nitrogens with one attached hydrogen (secondary N) is 1. The number of carbonyl (C=O) groups excluding carboxylic acids is 2. The first kappa shape index (κ1) is 24.9. The van der Waals surface area contributed by atoms with E-state index in [1.54, 1.807) is 6.20 Å². The maximum absolute atomic E-state index is 14.0. The molecule has 3 heterocycles. The number of rotatable bonds is 7. The van der Waals surface area contributed by atoms with E-state index in [0.29, 0.717) is 24.3 Å². The molecule has 186 valence electrons. The van der Waals surface area contributed by atoms with Gasteiger partial charge in [-0.05, 0) is 58.6 Å². The number of hydrogen-bond donors (Lipinski definition) is 1. The van der Waals surface area contributed by atoms with Gasteiger partial charge in [-0.15, -0.1) is 0 Å². The van der Waals surface area contributed by atoms with E-state index in [2.05, 4.69) is 51.1 Å². The lowest BCUT2D eigenvalue weighted by molar-refractivity contribution is -0.126. The summed E-state index contributed by atoms with van der Waals surface area (Å²) in [5, 5.41) is 8.37. The summed E-state index contributed by atoms with van der Waals surface area (Å²) in [4.78, 5) is 33.6. The summed E-state index contributed by atoms with van der Waals surface area (Å²) in [6.07, 6.45) is 5.36. The van der Waals surface area contributed by atoms with E-state index in [-0.39, 0.29) is 29.8 Å². The summed E-state index contributed by atoms with van der Waals surface area (Å²) >= 11 is 0. The van der Waals surface area contributed by atoms with Gasteiger partial charge in [-0.25, -0.2) is 9.67 Å². The second kappa shape index (κ2) is 10.6. The second-order valence-corrected chi connectivity index (χ2v) is 10.0. The van der Waals surface area contributed by atoms with Gasteiger partial charge in [0.2, 0.25) is 5.91 Å². The van der Waals surface area contributed by atoms with Crippen molar-refractivity contribution in [3.63, 3.8) is 0 Å². The van der Waals surface area contributed by atoms with E-state index < -0.39 is 0 Å². The third kappa shape index (κ3) is 5.09. The summed E-state index contributed by atoms with van der Waals surface area (Å²) in [6.45, 7) is 11.5. The highest BCUT2D eigenvalue weighted by atomic mass is 16.2. The Hall–Kier alpha value is -3.22. The summed E-state index contributed by atoms with van der Waals surface area (Å²) in [5.41, 5.74) is 4.17. The minimum absolute atomic E-state index is 0.0521. The lowest BCUT2D eigenvalue weighted by atomic mass is 9.91. The van der Waals surface area contributed by atoms with Crippen LogP contribution in [0.1, 0.15) is 75.3 Å². The first-order chi connectivity index (χ1) is 16.8. The molecule has 1 aromatic carbocycles. The molecule has 35 heavy (non-hydrogen) atoms. The van der Waals surface area contributed by atoms with Crippen LogP contribution in [0.4, 0.5) is 0 Å². The maximum Gasteiger partial charge on any atom is 0.255 e. The van der Waals surface area contributed by atoms with Gasteiger partial charge in [0.15, 0.2) is 5.65 Å². The number of likely N-dealkylation sites (tertiary alicyclic amines) is 1. The number of pyridine rings is 1. The van der Waals surface area contributed by atoms with Crippen molar-refractivity contribution in [3.8, 4) is 11.3 Å². The minimum Gasteiger partial charge on any atom is -0.356 e. The number of aryl methyl sites for hydroxylation is 1. The van der Waals surface area contributed by atoms with Gasteiger partial charge >= 0.3 is 0 Å². The zero-order valence-electron chi connectivity index (χ0n) is 21.5. The molecular weight excluding hydrogens is 438 g/mol. The molecule has 3 aromatic rings. The van der Waals surface area contributed by atoms with Crippen molar-refractivity contribution in [3.05, 3.63) is 47.7 Å².